The molecule has 0 saturated carbocycles. The molecule has 3 aromatic rings. The number of para-hydroxylation sites is 1. The quantitative estimate of drug-likeness (QED) is 0.638. The van der Waals surface area contributed by atoms with Gasteiger partial charge in [0.1, 0.15) is 17.2 Å². The average molecular weight is 311 g/mol. The van der Waals surface area contributed by atoms with E-state index in [2.05, 4.69) is 4.98 Å². The zero-order valence-corrected chi connectivity index (χ0v) is 11.8. The summed E-state index contributed by atoms with van der Waals surface area (Å²) in [5.74, 6) is -2.43. The summed E-state index contributed by atoms with van der Waals surface area (Å²) in [4.78, 5) is 4.15. The minimum Gasteiger partial charge on any atom is -0.289 e. The second kappa shape index (κ2) is 5.07. The number of hydrogen-bond acceptors (Lipinski definition) is 1. The standard InChI is InChI=1S/C15H10ClF3N2/c1-8-3-2-4-10(18)14(8)21-12(7-16)20-11-6-5-9(17)13(19)15(11)21/h2-6H,7H2,1H3. The van der Waals surface area contributed by atoms with E-state index >= 15 is 0 Å². The van der Waals surface area contributed by atoms with Crippen LogP contribution in [0.2, 0.25) is 0 Å². The predicted molar refractivity (Wildman–Crippen MR) is 75.2 cm³/mol. The Kier molecular flexibility index (Phi) is 3.37. The maximum atomic E-state index is 14.2. The first-order valence-electron chi connectivity index (χ1n) is 6.21. The van der Waals surface area contributed by atoms with Gasteiger partial charge in [-0.15, -0.1) is 11.6 Å². The van der Waals surface area contributed by atoms with E-state index in [0.29, 0.717) is 5.56 Å². The van der Waals surface area contributed by atoms with Gasteiger partial charge in [-0.25, -0.2) is 18.2 Å². The third-order valence-electron chi connectivity index (χ3n) is 3.31. The molecule has 1 heterocycles. The molecule has 0 spiro atoms. The summed E-state index contributed by atoms with van der Waals surface area (Å²) in [5.41, 5.74) is 0.815. The van der Waals surface area contributed by atoms with E-state index in [4.69, 9.17) is 11.6 Å². The summed E-state index contributed by atoms with van der Waals surface area (Å²) in [6, 6.07) is 6.81. The molecule has 2 aromatic carbocycles. The number of aryl methyl sites for hydroxylation is 1. The summed E-state index contributed by atoms with van der Waals surface area (Å²) in [7, 11) is 0. The van der Waals surface area contributed by atoms with Gasteiger partial charge in [0.05, 0.1) is 17.1 Å². The van der Waals surface area contributed by atoms with Crippen LogP contribution in [0.15, 0.2) is 30.3 Å². The van der Waals surface area contributed by atoms with Crippen LogP contribution in [0.4, 0.5) is 13.2 Å². The molecule has 0 amide bonds. The Labute approximate surface area is 123 Å². The second-order valence-corrected chi connectivity index (χ2v) is 4.90. The van der Waals surface area contributed by atoms with Crippen molar-refractivity contribution in [1.82, 2.24) is 9.55 Å². The van der Waals surface area contributed by atoms with Crippen molar-refractivity contribution in [1.29, 1.82) is 0 Å². The third-order valence-corrected chi connectivity index (χ3v) is 3.55. The van der Waals surface area contributed by atoms with Gasteiger partial charge in [-0.2, -0.15) is 0 Å². The van der Waals surface area contributed by atoms with Gasteiger partial charge in [0.15, 0.2) is 11.6 Å². The van der Waals surface area contributed by atoms with E-state index in [1.165, 1.54) is 16.7 Å². The van der Waals surface area contributed by atoms with Crippen molar-refractivity contribution >= 4 is 22.6 Å². The van der Waals surface area contributed by atoms with Crippen molar-refractivity contribution in [2.24, 2.45) is 0 Å². The lowest BCUT2D eigenvalue weighted by Crippen LogP contribution is -2.06. The van der Waals surface area contributed by atoms with Crippen molar-refractivity contribution in [2.75, 3.05) is 0 Å². The topological polar surface area (TPSA) is 17.8 Å². The molecule has 0 aliphatic carbocycles. The van der Waals surface area contributed by atoms with Gasteiger partial charge in [-0.1, -0.05) is 12.1 Å². The van der Waals surface area contributed by atoms with E-state index in [-0.39, 0.29) is 28.4 Å². The van der Waals surface area contributed by atoms with Crippen LogP contribution in [-0.4, -0.2) is 9.55 Å². The largest absolute Gasteiger partial charge is 0.289 e. The van der Waals surface area contributed by atoms with Gasteiger partial charge >= 0.3 is 0 Å². The summed E-state index contributed by atoms with van der Waals surface area (Å²) >= 11 is 5.83. The lowest BCUT2D eigenvalue weighted by Gasteiger charge is -2.12. The van der Waals surface area contributed by atoms with Crippen molar-refractivity contribution in [3.63, 3.8) is 0 Å². The molecule has 0 N–H and O–H groups in total. The van der Waals surface area contributed by atoms with Crippen molar-refractivity contribution in [3.8, 4) is 5.69 Å². The Balaban J connectivity index is 2.49. The molecule has 0 unspecified atom stereocenters. The monoisotopic (exact) mass is 310 g/mol. The van der Waals surface area contributed by atoms with Crippen LogP contribution in [-0.2, 0) is 5.88 Å². The van der Waals surface area contributed by atoms with Crippen LogP contribution in [0.3, 0.4) is 0 Å². The van der Waals surface area contributed by atoms with Gasteiger partial charge in [0.25, 0.3) is 0 Å². The van der Waals surface area contributed by atoms with E-state index in [0.717, 1.165) is 6.07 Å². The van der Waals surface area contributed by atoms with Crippen LogP contribution >= 0.6 is 11.6 Å². The molecular weight excluding hydrogens is 301 g/mol. The van der Waals surface area contributed by atoms with Gasteiger partial charge in [0.2, 0.25) is 0 Å². The van der Waals surface area contributed by atoms with E-state index < -0.39 is 17.5 Å². The first-order chi connectivity index (χ1) is 10.0. The molecule has 21 heavy (non-hydrogen) atoms. The van der Waals surface area contributed by atoms with Crippen molar-refractivity contribution < 1.29 is 13.2 Å². The highest BCUT2D eigenvalue weighted by atomic mass is 35.5. The number of halogens is 4. The minimum atomic E-state index is -1.07. The molecule has 108 valence electrons. The summed E-state index contributed by atoms with van der Waals surface area (Å²) in [6.07, 6.45) is 0. The summed E-state index contributed by atoms with van der Waals surface area (Å²) in [6.45, 7) is 1.68. The maximum Gasteiger partial charge on any atom is 0.185 e. The smallest absolute Gasteiger partial charge is 0.185 e. The van der Waals surface area contributed by atoms with Gasteiger partial charge in [-0.05, 0) is 30.7 Å². The van der Waals surface area contributed by atoms with Gasteiger partial charge in [0, 0.05) is 0 Å². The SMILES string of the molecule is Cc1cccc(F)c1-n1c(CCl)nc2ccc(F)c(F)c21. The Morgan fingerprint density at radius 2 is 1.86 bits per heavy atom. The molecule has 0 fully saturated rings. The number of rotatable bonds is 2. The van der Waals surface area contributed by atoms with E-state index in [9.17, 15) is 13.2 Å². The number of nitrogens with zero attached hydrogens (tertiary/aromatic N) is 2. The first-order valence-corrected chi connectivity index (χ1v) is 6.75. The molecule has 0 saturated heterocycles. The number of alkyl halides is 1. The third kappa shape index (κ3) is 2.08. The van der Waals surface area contributed by atoms with E-state index in [1.807, 2.05) is 0 Å². The molecule has 0 aliphatic rings. The number of aromatic nitrogens is 2. The number of fused-ring (bicyclic) bond motifs is 1. The number of hydrogen-bond donors (Lipinski definition) is 0. The fourth-order valence-corrected chi connectivity index (χ4v) is 2.57. The zero-order chi connectivity index (χ0) is 15.1. The van der Waals surface area contributed by atoms with Crippen molar-refractivity contribution in [3.05, 3.63) is 59.2 Å². The second-order valence-electron chi connectivity index (χ2n) is 4.63. The predicted octanol–water partition coefficient (Wildman–Crippen LogP) is 4.49. The molecule has 0 bridgehead atoms. The fraction of sp³-hybridized carbons (Fsp3) is 0.133. The van der Waals surface area contributed by atoms with E-state index in [1.54, 1.807) is 19.1 Å². The normalized spacial score (nSPS) is 11.3. The van der Waals surface area contributed by atoms with Gasteiger partial charge < -0.3 is 0 Å². The Morgan fingerprint density at radius 3 is 2.52 bits per heavy atom. The number of benzene rings is 2. The Hall–Kier alpha value is -2.01. The Bertz CT molecular complexity index is 822. The average Bonchev–Trinajstić information content (AvgIpc) is 2.82. The van der Waals surface area contributed by atoms with Crippen LogP contribution < -0.4 is 0 Å². The molecule has 3 rings (SSSR count). The molecular formula is C15H10ClF3N2. The molecule has 1 aromatic heterocycles. The summed E-state index contributed by atoms with van der Waals surface area (Å²) in [5, 5.41) is 0. The number of imidazole rings is 1. The maximum absolute atomic E-state index is 14.2. The fourth-order valence-electron chi connectivity index (χ4n) is 2.39. The highest BCUT2D eigenvalue weighted by Gasteiger charge is 2.21. The molecule has 2 nitrogen and oxygen atoms in total. The van der Waals surface area contributed by atoms with Crippen LogP contribution in [0.25, 0.3) is 16.7 Å². The molecule has 0 atom stereocenters. The van der Waals surface area contributed by atoms with Crippen molar-refractivity contribution in [2.45, 2.75) is 12.8 Å². The van der Waals surface area contributed by atoms with Crippen LogP contribution in [0.5, 0.6) is 0 Å². The molecule has 0 radical (unpaired) electrons. The molecule has 6 heteroatoms. The first kappa shape index (κ1) is 13.9. The summed E-state index contributed by atoms with van der Waals surface area (Å²) < 4.78 is 43.1. The van der Waals surface area contributed by atoms with Crippen LogP contribution in [0, 0.1) is 24.4 Å². The highest BCUT2D eigenvalue weighted by Crippen LogP contribution is 2.29. The minimum absolute atomic E-state index is 0.0521. The van der Waals surface area contributed by atoms with Crippen LogP contribution in [0.1, 0.15) is 11.4 Å². The highest BCUT2D eigenvalue weighted by molar-refractivity contribution is 6.17. The lowest BCUT2D eigenvalue weighted by atomic mass is 10.2. The molecule has 0 aliphatic heterocycles. The van der Waals surface area contributed by atoms with Gasteiger partial charge in [-0.3, -0.25) is 4.57 Å². The zero-order valence-electron chi connectivity index (χ0n) is 11.0. The Morgan fingerprint density at radius 1 is 1.10 bits per heavy atom. The lowest BCUT2D eigenvalue weighted by molar-refractivity contribution is 0.513.